The summed E-state index contributed by atoms with van der Waals surface area (Å²) in [6, 6.07) is 0. The minimum Gasteiger partial charge on any atom is -0.393 e. The first-order valence-corrected chi connectivity index (χ1v) is 7.69. The lowest BCUT2D eigenvalue weighted by Crippen LogP contribution is -2.22. The van der Waals surface area contributed by atoms with Crippen molar-refractivity contribution in [3.05, 3.63) is 12.2 Å². The molecule has 2 aliphatic carbocycles. The number of rotatable bonds is 5. The molecule has 2 aliphatic rings. The third kappa shape index (κ3) is 4.46. The molecular weight excluding hydrogens is 208 g/mol. The second-order valence-electron chi connectivity index (χ2n) is 6.06. The van der Waals surface area contributed by atoms with E-state index < -0.39 is 0 Å². The van der Waals surface area contributed by atoms with E-state index in [9.17, 15) is 5.11 Å². The van der Waals surface area contributed by atoms with Gasteiger partial charge in [0.15, 0.2) is 0 Å². The molecule has 0 aromatic carbocycles. The Morgan fingerprint density at radius 3 is 2.24 bits per heavy atom. The highest BCUT2D eigenvalue weighted by Gasteiger charge is 2.20. The van der Waals surface area contributed by atoms with E-state index in [2.05, 4.69) is 12.2 Å². The van der Waals surface area contributed by atoms with E-state index in [0.717, 1.165) is 12.3 Å². The van der Waals surface area contributed by atoms with Gasteiger partial charge in [-0.1, -0.05) is 57.1 Å². The lowest BCUT2D eigenvalue weighted by Gasteiger charge is -2.25. The summed E-state index contributed by atoms with van der Waals surface area (Å²) in [6.07, 6.45) is 18.9. The molecule has 1 heteroatoms. The molecule has 0 aromatic rings. The Bertz CT molecular complexity index is 222. The topological polar surface area (TPSA) is 20.2 Å². The van der Waals surface area contributed by atoms with Gasteiger partial charge in [0.05, 0.1) is 6.10 Å². The van der Waals surface area contributed by atoms with E-state index in [0.29, 0.717) is 5.92 Å². The third-order valence-corrected chi connectivity index (χ3v) is 4.68. The molecule has 0 amide bonds. The summed E-state index contributed by atoms with van der Waals surface area (Å²) < 4.78 is 0. The van der Waals surface area contributed by atoms with E-state index in [1.54, 1.807) is 0 Å². The molecule has 1 atom stereocenters. The second kappa shape index (κ2) is 7.20. The largest absolute Gasteiger partial charge is 0.393 e. The van der Waals surface area contributed by atoms with Crippen molar-refractivity contribution in [1.29, 1.82) is 0 Å². The van der Waals surface area contributed by atoms with Gasteiger partial charge in [0, 0.05) is 0 Å². The van der Waals surface area contributed by atoms with Gasteiger partial charge in [-0.05, 0) is 37.5 Å². The van der Waals surface area contributed by atoms with Crippen molar-refractivity contribution >= 4 is 0 Å². The first-order valence-electron chi connectivity index (χ1n) is 7.69. The smallest absolute Gasteiger partial charge is 0.0602 e. The predicted octanol–water partition coefficient (Wildman–Crippen LogP) is 4.45. The Labute approximate surface area is 106 Å². The highest BCUT2D eigenvalue weighted by Crippen LogP contribution is 2.29. The Kier molecular flexibility index (Phi) is 5.57. The monoisotopic (exact) mass is 236 g/mol. The Hall–Kier alpha value is -0.300. The molecule has 2 fully saturated rings. The third-order valence-electron chi connectivity index (χ3n) is 4.68. The van der Waals surface area contributed by atoms with Crippen LogP contribution in [0.4, 0.5) is 0 Å². The summed E-state index contributed by atoms with van der Waals surface area (Å²) in [5.74, 6) is 1.53. The molecule has 0 saturated heterocycles. The molecule has 0 bridgehead atoms. The molecule has 98 valence electrons. The summed E-state index contributed by atoms with van der Waals surface area (Å²) >= 11 is 0. The maximum absolute atomic E-state index is 10.1. The van der Waals surface area contributed by atoms with Gasteiger partial charge in [0.1, 0.15) is 0 Å². The fourth-order valence-corrected chi connectivity index (χ4v) is 3.48. The first kappa shape index (κ1) is 13.1. The van der Waals surface area contributed by atoms with Crippen molar-refractivity contribution in [3.8, 4) is 0 Å². The van der Waals surface area contributed by atoms with Gasteiger partial charge < -0.3 is 5.11 Å². The molecule has 0 heterocycles. The number of aliphatic hydroxyl groups is 1. The fraction of sp³-hybridized carbons (Fsp3) is 0.875. The average molecular weight is 236 g/mol. The van der Waals surface area contributed by atoms with Crippen molar-refractivity contribution in [2.24, 2.45) is 11.8 Å². The van der Waals surface area contributed by atoms with Gasteiger partial charge in [-0.25, -0.2) is 0 Å². The Balaban J connectivity index is 1.60. The Morgan fingerprint density at radius 1 is 0.882 bits per heavy atom. The number of hydrogen-bond acceptors (Lipinski definition) is 1. The summed E-state index contributed by atoms with van der Waals surface area (Å²) in [6.45, 7) is 0. The normalized spacial score (nSPS) is 25.7. The molecule has 1 N–H and O–H groups in total. The van der Waals surface area contributed by atoms with Crippen molar-refractivity contribution < 1.29 is 5.11 Å². The molecule has 0 aliphatic heterocycles. The van der Waals surface area contributed by atoms with Crippen LogP contribution in [0.3, 0.4) is 0 Å². The quantitative estimate of drug-likeness (QED) is 0.699. The summed E-state index contributed by atoms with van der Waals surface area (Å²) in [5.41, 5.74) is 0. The van der Waals surface area contributed by atoms with Crippen LogP contribution in [0.25, 0.3) is 0 Å². The zero-order valence-corrected chi connectivity index (χ0v) is 11.1. The van der Waals surface area contributed by atoms with Crippen molar-refractivity contribution in [2.45, 2.75) is 76.7 Å². The molecule has 0 aromatic heterocycles. The minimum absolute atomic E-state index is 0.0740. The predicted molar refractivity (Wildman–Crippen MR) is 72.9 cm³/mol. The zero-order valence-electron chi connectivity index (χ0n) is 11.1. The number of allylic oxidation sites excluding steroid dienone is 1. The molecule has 17 heavy (non-hydrogen) atoms. The standard InChI is InChI=1S/C16H28O/c17-16(15-11-2-1-3-12-15)13-7-6-10-14-8-4-5-9-14/h6-7,14-17H,1-5,8-13H2/b7-6+. The molecule has 2 saturated carbocycles. The van der Waals surface area contributed by atoms with Crippen LogP contribution in [0.15, 0.2) is 12.2 Å². The SMILES string of the molecule is OC(C/C=C/CC1CCCC1)C1CCCCC1. The maximum Gasteiger partial charge on any atom is 0.0602 e. The van der Waals surface area contributed by atoms with Gasteiger partial charge in [0.25, 0.3) is 0 Å². The van der Waals surface area contributed by atoms with Crippen LogP contribution in [0.1, 0.15) is 70.6 Å². The summed E-state index contributed by atoms with van der Waals surface area (Å²) in [5, 5.41) is 10.1. The van der Waals surface area contributed by atoms with Crippen molar-refractivity contribution in [1.82, 2.24) is 0 Å². The van der Waals surface area contributed by atoms with Crippen LogP contribution in [-0.2, 0) is 0 Å². The van der Waals surface area contributed by atoms with E-state index in [4.69, 9.17) is 0 Å². The highest BCUT2D eigenvalue weighted by molar-refractivity contribution is 4.89. The van der Waals surface area contributed by atoms with Gasteiger partial charge in [-0.2, -0.15) is 0 Å². The number of hydrogen-bond donors (Lipinski definition) is 1. The van der Waals surface area contributed by atoms with Crippen molar-refractivity contribution in [3.63, 3.8) is 0 Å². The van der Waals surface area contributed by atoms with Gasteiger partial charge in [-0.15, -0.1) is 0 Å². The molecule has 0 radical (unpaired) electrons. The van der Waals surface area contributed by atoms with Crippen LogP contribution in [0.2, 0.25) is 0 Å². The molecule has 1 unspecified atom stereocenters. The lowest BCUT2D eigenvalue weighted by molar-refractivity contribution is 0.0873. The van der Waals surface area contributed by atoms with Gasteiger partial charge in [0.2, 0.25) is 0 Å². The van der Waals surface area contributed by atoms with E-state index in [-0.39, 0.29) is 6.10 Å². The van der Waals surface area contributed by atoms with Gasteiger partial charge in [-0.3, -0.25) is 0 Å². The summed E-state index contributed by atoms with van der Waals surface area (Å²) in [7, 11) is 0. The molecular formula is C16H28O. The average Bonchev–Trinajstić information content (AvgIpc) is 2.88. The highest BCUT2D eigenvalue weighted by atomic mass is 16.3. The van der Waals surface area contributed by atoms with Crippen LogP contribution in [0.5, 0.6) is 0 Å². The molecule has 2 rings (SSSR count). The lowest BCUT2D eigenvalue weighted by atomic mass is 9.84. The Morgan fingerprint density at radius 2 is 1.53 bits per heavy atom. The molecule has 0 spiro atoms. The second-order valence-corrected chi connectivity index (χ2v) is 6.06. The maximum atomic E-state index is 10.1. The van der Waals surface area contributed by atoms with Crippen molar-refractivity contribution in [2.75, 3.05) is 0 Å². The van der Waals surface area contributed by atoms with Crippen LogP contribution >= 0.6 is 0 Å². The first-order chi connectivity index (χ1) is 8.36. The van der Waals surface area contributed by atoms with E-state index in [1.807, 2.05) is 0 Å². The van der Waals surface area contributed by atoms with E-state index in [1.165, 1.54) is 64.2 Å². The molecule has 1 nitrogen and oxygen atoms in total. The zero-order chi connectivity index (χ0) is 11.9. The fourth-order valence-electron chi connectivity index (χ4n) is 3.48. The van der Waals surface area contributed by atoms with Gasteiger partial charge >= 0.3 is 0 Å². The van der Waals surface area contributed by atoms with Crippen LogP contribution in [-0.4, -0.2) is 11.2 Å². The van der Waals surface area contributed by atoms with Crippen LogP contribution in [0, 0.1) is 11.8 Å². The van der Waals surface area contributed by atoms with Crippen LogP contribution < -0.4 is 0 Å². The van der Waals surface area contributed by atoms with E-state index >= 15 is 0 Å². The summed E-state index contributed by atoms with van der Waals surface area (Å²) in [4.78, 5) is 0. The minimum atomic E-state index is -0.0740. The number of aliphatic hydroxyl groups excluding tert-OH is 1.